The monoisotopic (exact) mass is 514 g/mol. The molecule has 37 heavy (non-hydrogen) atoms. The zero-order valence-corrected chi connectivity index (χ0v) is 21.8. The molecule has 0 amide bonds. The molecule has 0 aromatic heterocycles. The second-order valence-electron chi connectivity index (χ2n) is 9.81. The first kappa shape index (κ1) is 28.3. The zero-order chi connectivity index (χ0) is 26.9. The number of phenolic OH excluding ortho intramolecular Hbond substituents is 2. The molecule has 1 fully saturated rings. The summed E-state index contributed by atoms with van der Waals surface area (Å²) in [6.45, 7) is 1.25. The number of Topliss-reactive ketones (excluding diaryl/α,β-unsaturated/α-hetero) is 1. The Morgan fingerprint density at radius 2 is 1.54 bits per heavy atom. The number of aromatic hydroxyl groups is 2. The van der Waals surface area contributed by atoms with E-state index in [9.17, 15) is 24.9 Å². The first-order valence-electron chi connectivity index (χ1n) is 12.8. The molecule has 1 aliphatic rings. The van der Waals surface area contributed by atoms with Gasteiger partial charge >= 0.3 is 5.97 Å². The quantitative estimate of drug-likeness (QED) is 0.350. The Morgan fingerprint density at radius 3 is 2.16 bits per heavy atom. The average Bonchev–Trinajstić information content (AvgIpc) is 2.88. The molecule has 3 N–H and O–H groups in total. The summed E-state index contributed by atoms with van der Waals surface area (Å²) in [6.07, 6.45) is 3.52. The summed E-state index contributed by atoms with van der Waals surface area (Å²) in [5.41, 5.74) is 1.60. The van der Waals surface area contributed by atoms with Gasteiger partial charge in [-0.05, 0) is 60.1 Å². The van der Waals surface area contributed by atoms with Gasteiger partial charge in [-0.3, -0.25) is 9.59 Å². The summed E-state index contributed by atoms with van der Waals surface area (Å²) in [6, 6.07) is 9.92. The van der Waals surface area contributed by atoms with Gasteiger partial charge in [-0.25, -0.2) is 0 Å². The van der Waals surface area contributed by atoms with Crippen LogP contribution < -0.4 is 9.47 Å². The molecular weight excluding hydrogens is 476 g/mol. The molecule has 2 aromatic carbocycles. The number of ketones is 1. The first-order chi connectivity index (χ1) is 17.7. The average molecular weight is 515 g/mol. The van der Waals surface area contributed by atoms with E-state index in [-0.39, 0.29) is 48.2 Å². The Labute approximate surface area is 218 Å². The molecule has 202 valence electrons. The number of esters is 1. The van der Waals surface area contributed by atoms with Gasteiger partial charge in [0.2, 0.25) is 0 Å². The summed E-state index contributed by atoms with van der Waals surface area (Å²) in [5.74, 6) is 0.208. The second kappa shape index (κ2) is 13.3. The van der Waals surface area contributed by atoms with Gasteiger partial charge in [0, 0.05) is 26.2 Å². The Kier molecular flexibility index (Phi) is 10.2. The van der Waals surface area contributed by atoms with Crippen molar-refractivity contribution in [3.05, 3.63) is 47.5 Å². The number of carbonyl (C=O) groups excluding carboxylic acids is 2. The SMILES string of the molecule is COc1cc(CC(O)C(CC(=O)CC(c2ccc(O)c(OC)c2)C2CCCCC2)OC(C)=O)ccc1O. The maximum atomic E-state index is 13.3. The molecule has 0 radical (unpaired) electrons. The van der Waals surface area contributed by atoms with Gasteiger partial charge in [0.1, 0.15) is 11.9 Å². The number of methoxy groups -OCH3 is 2. The number of hydrogen-bond acceptors (Lipinski definition) is 8. The van der Waals surface area contributed by atoms with Gasteiger partial charge in [0.25, 0.3) is 0 Å². The van der Waals surface area contributed by atoms with Gasteiger partial charge < -0.3 is 29.5 Å². The molecule has 0 spiro atoms. The molecule has 3 rings (SSSR count). The largest absolute Gasteiger partial charge is 0.504 e. The van der Waals surface area contributed by atoms with Crippen molar-refractivity contribution in [1.29, 1.82) is 0 Å². The maximum Gasteiger partial charge on any atom is 0.303 e. The molecular formula is C29H38O8. The van der Waals surface area contributed by atoms with Gasteiger partial charge in [-0.15, -0.1) is 0 Å². The van der Waals surface area contributed by atoms with Crippen LogP contribution in [0.3, 0.4) is 0 Å². The summed E-state index contributed by atoms with van der Waals surface area (Å²) in [7, 11) is 2.93. The van der Waals surface area contributed by atoms with Crippen molar-refractivity contribution in [3.8, 4) is 23.0 Å². The minimum absolute atomic E-state index is 0.0212. The molecule has 2 aromatic rings. The van der Waals surface area contributed by atoms with Crippen LogP contribution in [-0.2, 0) is 20.7 Å². The van der Waals surface area contributed by atoms with E-state index in [4.69, 9.17) is 14.2 Å². The Bertz CT molecular complexity index is 1060. The standard InChI is InChI=1S/C29H38O8/c1-18(30)37-29(26(34)13-19-9-11-24(32)27(14-19)35-2)17-22(31)16-23(20-7-5-4-6-8-20)21-10-12-25(33)28(15-21)36-3/h9-12,14-15,20,23,26,29,32-34H,4-8,13,16-17H2,1-3H3. The lowest BCUT2D eigenvalue weighted by atomic mass is 9.74. The number of benzene rings is 2. The molecule has 0 saturated heterocycles. The van der Waals surface area contributed by atoms with Crippen LogP contribution >= 0.6 is 0 Å². The van der Waals surface area contributed by atoms with Crippen LogP contribution in [0.2, 0.25) is 0 Å². The number of aliphatic hydroxyl groups excluding tert-OH is 1. The molecule has 0 aliphatic heterocycles. The highest BCUT2D eigenvalue weighted by Crippen LogP contribution is 2.41. The van der Waals surface area contributed by atoms with E-state index in [1.165, 1.54) is 33.6 Å². The number of aliphatic hydroxyl groups is 1. The van der Waals surface area contributed by atoms with E-state index in [0.717, 1.165) is 31.2 Å². The second-order valence-corrected chi connectivity index (χ2v) is 9.81. The van der Waals surface area contributed by atoms with E-state index in [0.29, 0.717) is 17.2 Å². The van der Waals surface area contributed by atoms with Crippen molar-refractivity contribution in [3.63, 3.8) is 0 Å². The van der Waals surface area contributed by atoms with Crippen LogP contribution in [0.25, 0.3) is 0 Å². The smallest absolute Gasteiger partial charge is 0.303 e. The molecule has 1 saturated carbocycles. The number of hydrogen-bond donors (Lipinski definition) is 3. The van der Waals surface area contributed by atoms with E-state index in [1.807, 2.05) is 6.07 Å². The van der Waals surface area contributed by atoms with E-state index in [2.05, 4.69) is 0 Å². The lowest BCUT2D eigenvalue weighted by molar-refractivity contribution is -0.154. The maximum absolute atomic E-state index is 13.3. The van der Waals surface area contributed by atoms with E-state index in [1.54, 1.807) is 24.3 Å². The van der Waals surface area contributed by atoms with Gasteiger partial charge in [-0.1, -0.05) is 31.4 Å². The summed E-state index contributed by atoms with van der Waals surface area (Å²) in [4.78, 5) is 25.1. The molecule has 8 heteroatoms. The van der Waals surface area contributed by atoms with Crippen LogP contribution in [0, 0.1) is 5.92 Å². The van der Waals surface area contributed by atoms with Crippen molar-refractivity contribution in [2.24, 2.45) is 5.92 Å². The Hall–Kier alpha value is -3.26. The molecule has 8 nitrogen and oxygen atoms in total. The Balaban J connectivity index is 1.77. The van der Waals surface area contributed by atoms with Crippen LogP contribution in [-0.4, -0.2) is 53.5 Å². The first-order valence-corrected chi connectivity index (χ1v) is 12.8. The zero-order valence-electron chi connectivity index (χ0n) is 21.8. The van der Waals surface area contributed by atoms with Gasteiger partial charge in [-0.2, -0.15) is 0 Å². The summed E-state index contributed by atoms with van der Waals surface area (Å²) >= 11 is 0. The minimum atomic E-state index is -1.12. The van der Waals surface area contributed by atoms with E-state index >= 15 is 0 Å². The molecule has 3 unspecified atom stereocenters. The topological polar surface area (TPSA) is 123 Å². The fourth-order valence-electron chi connectivity index (χ4n) is 5.26. The molecule has 1 aliphatic carbocycles. The number of rotatable bonds is 12. The van der Waals surface area contributed by atoms with Crippen molar-refractivity contribution >= 4 is 11.8 Å². The normalized spacial score (nSPS) is 16.4. The van der Waals surface area contributed by atoms with Crippen molar-refractivity contribution in [2.45, 2.75) is 76.4 Å². The molecule has 3 atom stereocenters. The van der Waals surface area contributed by atoms with Gasteiger partial charge in [0.05, 0.1) is 20.3 Å². The lowest BCUT2D eigenvalue weighted by Crippen LogP contribution is -2.35. The van der Waals surface area contributed by atoms with Crippen molar-refractivity contribution in [2.75, 3.05) is 14.2 Å². The lowest BCUT2D eigenvalue weighted by Gasteiger charge is -2.31. The van der Waals surface area contributed by atoms with Crippen LogP contribution in [0.15, 0.2) is 36.4 Å². The van der Waals surface area contributed by atoms with E-state index < -0.39 is 18.2 Å². The number of ether oxygens (including phenoxy) is 3. The highest BCUT2D eigenvalue weighted by Gasteiger charge is 2.31. The number of carbonyl (C=O) groups is 2. The predicted octanol–water partition coefficient (Wildman–Crippen LogP) is 4.66. The van der Waals surface area contributed by atoms with Gasteiger partial charge in [0.15, 0.2) is 23.0 Å². The summed E-state index contributed by atoms with van der Waals surface area (Å²) in [5, 5.41) is 30.8. The van der Waals surface area contributed by atoms with Crippen LogP contribution in [0.1, 0.15) is 68.9 Å². The Morgan fingerprint density at radius 1 is 0.919 bits per heavy atom. The molecule has 0 heterocycles. The highest BCUT2D eigenvalue weighted by atomic mass is 16.6. The third kappa shape index (κ3) is 7.86. The third-order valence-electron chi connectivity index (χ3n) is 7.16. The minimum Gasteiger partial charge on any atom is -0.504 e. The number of phenols is 2. The highest BCUT2D eigenvalue weighted by molar-refractivity contribution is 5.80. The summed E-state index contributed by atoms with van der Waals surface area (Å²) < 4.78 is 15.8. The fourth-order valence-corrected chi connectivity index (χ4v) is 5.26. The van der Waals surface area contributed by atoms with Crippen LogP contribution in [0.5, 0.6) is 23.0 Å². The van der Waals surface area contributed by atoms with Crippen molar-refractivity contribution < 1.29 is 39.1 Å². The predicted molar refractivity (Wildman–Crippen MR) is 138 cm³/mol. The molecule has 0 bridgehead atoms. The van der Waals surface area contributed by atoms with Crippen molar-refractivity contribution in [1.82, 2.24) is 0 Å². The van der Waals surface area contributed by atoms with Crippen LogP contribution in [0.4, 0.5) is 0 Å². The third-order valence-corrected chi connectivity index (χ3v) is 7.16. The fraction of sp³-hybridized carbons (Fsp3) is 0.517.